The van der Waals surface area contributed by atoms with Gasteiger partial charge < -0.3 is 35.9 Å². The van der Waals surface area contributed by atoms with E-state index < -0.39 is 48.9 Å². The number of benzene rings is 2. The van der Waals surface area contributed by atoms with Crippen molar-refractivity contribution < 1.29 is 31.3 Å². The zero-order chi connectivity index (χ0) is 47.1. The van der Waals surface area contributed by atoms with Gasteiger partial charge in [0.1, 0.15) is 34.3 Å². The number of piperidine rings is 2. The third kappa shape index (κ3) is 13.1. The lowest BCUT2D eigenvalue weighted by Gasteiger charge is -2.33. The van der Waals surface area contributed by atoms with E-state index in [-0.39, 0.29) is 71.8 Å². The number of aryl methyl sites for hydroxylation is 2. The standard InChI is InChI=1S/C19H24Cl3N5O3S.C19H24Cl2N6O5S/c1-12-2-6-26(7-3-12)18(28)16(4-8-27-9-5-24-19(27)22)25-31(29,30)17-14(21)10-13(20)11-15(17)23;1-12-2-6-25(7-3-12)18(28)16(4-8-26-9-5-23-19(26)27(29)30)24-33(31,32)17-14(21)10-13(20)11-15(17)22/h5,9-12,16,25H,2-4,6-8,23H2,1H3;5,9-12,16,24H,2-4,6-8,22H2,1H3. The predicted molar refractivity (Wildman–Crippen MR) is 245 cm³/mol. The van der Waals surface area contributed by atoms with Crippen LogP contribution < -0.4 is 20.9 Å². The molecule has 2 atom stereocenters. The first kappa shape index (κ1) is 51.1. The molecule has 2 saturated heterocycles. The fraction of sp³-hybridized carbons (Fsp3) is 0.474. The number of carbonyl (C=O) groups is 2. The first-order valence-corrected chi connectivity index (χ1v) is 24.9. The van der Waals surface area contributed by atoms with E-state index in [4.69, 9.17) is 69.5 Å². The van der Waals surface area contributed by atoms with Crippen LogP contribution in [0.15, 0.2) is 58.8 Å². The molecule has 4 heterocycles. The molecule has 0 radical (unpaired) electrons. The Hall–Kier alpha value is -3.93. The molecule has 19 nitrogen and oxygen atoms in total. The summed E-state index contributed by atoms with van der Waals surface area (Å²) >= 11 is 30.0. The maximum atomic E-state index is 13.3. The van der Waals surface area contributed by atoms with Crippen molar-refractivity contribution in [3.05, 3.63) is 84.5 Å². The van der Waals surface area contributed by atoms with Crippen molar-refractivity contribution in [3.63, 3.8) is 0 Å². The van der Waals surface area contributed by atoms with Gasteiger partial charge in [0.25, 0.3) is 0 Å². The Bertz CT molecular complexity index is 2500. The van der Waals surface area contributed by atoms with E-state index in [1.807, 2.05) is 0 Å². The van der Waals surface area contributed by atoms with E-state index in [9.17, 15) is 36.5 Å². The fourth-order valence-electron chi connectivity index (χ4n) is 7.25. The van der Waals surface area contributed by atoms with Crippen LogP contribution in [0.1, 0.15) is 52.4 Å². The number of nitrogens with zero attached hydrogens (tertiary/aromatic N) is 7. The molecule has 4 aromatic rings. The summed E-state index contributed by atoms with van der Waals surface area (Å²) in [5, 5.41) is 11.5. The molecule has 26 heteroatoms. The van der Waals surface area contributed by atoms with E-state index >= 15 is 0 Å². The molecule has 2 aliphatic rings. The second-order valence-corrected chi connectivity index (χ2v) is 20.9. The summed E-state index contributed by atoms with van der Waals surface area (Å²) in [6, 6.07) is 2.86. The van der Waals surface area contributed by atoms with Crippen molar-refractivity contribution in [2.45, 2.75) is 87.3 Å². The van der Waals surface area contributed by atoms with Gasteiger partial charge in [-0.3, -0.25) is 9.59 Å². The van der Waals surface area contributed by atoms with Gasteiger partial charge in [-0.25, -0.2) is 26.4 Å². The van der Waals surface area contributed by atoms with Gasteiger partial charge in [0.15, 0.2) is 0 Å². The topological polar surface area (TPSA) is 264 Å². The Morgan fingerprint density at radius 3 is 1.48 bits per heavy atom. The highest BCUT2D eigenvalue weighted by Gasteiger charge is 2.35. The number of halogens is 5. The molecule has 2 fully saturated rings. The van der Waals surface area contributed by atoms with Gasteiger partial charge in [0, 0.05) is 61.6 Å². The smallest absolute Gasteiger partial charge is 0.398 e. The number of sulfonamides is 2. The highest BCUT2D eigenvalue weighted by atomic mass is 35.5. The number of nitrogens with two attached hydrogens (primary N) is 2. The van der Waals surface area contributed by atoms with Crippen LogP contribution in [0.25, 0.3) is 0 Å². The Balaban J connectivity index is 0.000000241. The van der Waals surface area contributed by atoms with E-state index in [0.29, 0.717) is 44.6 Å². The minimum atomic E-state index is -4.32. The summed E-state index contributed by atoms with van der Waals surface area (Å²) in [7, 11) is -8.53. The minimum absolute atomic E-state index is 0.0106. The number of amides is 2. The first-order chi connectivity index (χ1) is 30.1. The SMILES string of the molecule is CC1CCN(C(=O)C(CCn2ccnc2Cl)NS(=O)(=O)c2c(N)cc(Cl)cc2Cl)CC1.CC1CCN(C(=O)C(CCn2ccnc2[N+](=O)[O-])NS(=O)(=O)c2c(N)cc(Cl)cc2Cl)CC1. The number of imidazole rings is 2. The summed E-state index contributed by atoms with van der Waals surface area (Å²) < 4.78 is 60.3. The van der Waals surface area contributed by atoms with Gasteiger partial charge in [-0.1, -0.05) is 65.2 Å². The van der Waals surface area contributed by atoms with Crippen molar-refractivity contribution >= 4 is 107 Å². The molecular formula is C38H48Cl5N11O8S2. The number of nitro groups is 1. The summed E-state index contributed by atoms with van der Waals surface area (Å²) in [6.07, 6.45) is 9.31. The summed E-state index contributed by atoms with van der Waals surface area (Å²) in [5.41, 5.74) is 11.5. The molecule has 6 N–H and O–H groups in total. The lowest BCUT2D eigenvalue weighted by atomic mass is 9.98. The monoisotopic (exact) mass is 1030 g/mol. The molecule has 2 aromatic carbocycles. The summed E-state index contributed by atoms with van der Waals surface area (Å²) in [4.78, 5) is 47.2. The molecule has 0 spiro atoms. The van der Waals surface area contributed by atoms with Crippen molar-refractivity contribution in [1.29, 1.82) is 0 Å². The Kier molecular flexibility index (Phi) is 17.6. The van der Waals surface area contributed by atoms with E-state index in [1.54, 1.807) is 20.6 Å². The maximum absolute atomic E-state index is 13.3. The van der Waals surface area contributed by atoms with Gasteiger partial charge in [-0.15, -0.1) is 0 Å². The van der Waals surface area contributed by atoms with Gasteiger partial charge in [-0.05, 0) is 84.7 Å². The normalized spacial score (nSPS) is 16.2. The Morgan fingerprint density at radius 2 is 1.11 bits per heavy atom. The number of likely N-dealkylation sites (tertiary alicyclic amines) is 2. The largest absolute Gasteiger partial charge is 0.434 e. The van der Waals surface area contributed by atoms with Gasteiger partial charge in [0.05, 0.1) is 28.0 Å². The number of hydrogen-bond acceptors (Lipinski definition) is 12. The van der Waals surface area contributed by atoms with Crippen LogP contribution in [0.2, 0.25) is 25.4 Å². The number of anilines is 2. The number of nitrogens with one attached hydrogen (secondary N) is 2. The van der Waals surface area contributed by atoms with Crippen molar-refractivity contribution in [2.75, 3.05) is 37.6 Å². The van der Waals surface area contributed by atoms with Gasteiger partial charge in [-0.2, -0.15) is 9.44 Å². The summed E-state index contributed by atoms with van der Waals surface area (Å²) in [5.74, 6) is -0.129. The molecule has 2 aromatic heterocycles. The third-order valence-electron chi connectivity index (χ3n) is 10.8. The van der Waals surface area contributed by atoms with Gasteiger partial charge in [0.2, 0.25) is 37.1 Å². The molecule has 0 aliphatic carbocycles. The molecular weight excluding hydrogens is 980 g/mol. The molecule has 2 unspecified atom stereocenters. The fourth-order valence-corrected chi connectivity index (χ4v) is 11.9. The van der Waals surface area contributed by atoms with Crippen LogP contribution in [0.5, 0.6) is 0 Å². The van der Waals surface area contributed by atoms with Crippen LogP contribution in [0.3, 0.4) is 0 Å². The van der Waals surface area contributed by atoms with E-state index in [2.05, 4.69) is 33.3 Å². The number of aromatic nitrogens is 4. The number of carbonyl (C=O) groups excluding carboxylic acids is 2. The number of rotatable bonds is 15. The van der Waals surface area contributed by atoms with Crippen LogP contribution in [0.4, 0.5) is 17.3 Å². The van der Waals surface area contributed by atoms with Crippen molar-refractivity contribution in [1.82, 2.24) is 38.3 Å². The quantitative estimate of drug-likeness (QED) is 0.0598. The average Bonchev–Trinajstić information content (AvgIpc) is 3.86. The Morgan fingerprint density at radius 1 is 0.719 bits per heavy atom. The van der Waals surface area contributed by atoms with Gasteiger partial charge >= 0.3 is 5.95 Å². The maximum Gasteiger partial charge on any atom is 0.434 e. The van der Waals surface area contributed by atoms with Crippen LogP contribution in [0, 0.1) is 22.0 Å². The molecule has 6 rings (SSSR count). The highest BCUT2D eigenvalue weighted by molar-refractivity contribution is 7.90. The second-order valence-electron chi connectivity index (χ2n) is 15.6. The van der Waals surface area contributed by atoms with Crippen LogP contribution in [-0.2, 0) is 42.7 Å². The lowest BCUT2D eigenvalue weighted by Crippen LogP contribution is -2.51. The van der Waals surface area contributed by atoms with Crippen molar-refractivity contribution in [3.8, 4) is 0 Å². The first-order valence-electron chi connectivity index (χ1n) is 20.0. The molecule has 2 aliphatic heterocycles. The molecule has 0 saturated carbocycles. The summed E-state index contributed by atoms with van der Waals surface area (Å²) in [6.45, 7) is 6.65. The Labute approximate surface area is 395 Å². The molecule has 350 valence electrons. The van der Waals surface area contributed by atoms with Crippen LogP contribution in [-0.4, -0.2) is 101 Å². The molecule has 64 heavy (non-hydrogen) atoms. The zero-order valence-corrected chi connectivity index (χ0v) is 40.1. The lowest BCUT2D eigenvalue weighted by molar-refractivity contribution is -0.396. The molecule has 2 amide bonds. The highest BCUT2D eigenvalue weighted by Crippen LogP contribution is 2.33. The van der Waals surface area contributed by atoms with E-state index in [0.717, 1.165) is 25.7 Å². The predicted octanol–water partition coefficient (Wildman–Crippen LogP) is 6.10. The molecule has 0 bridgehead atoms. The average molecular weight is 1030 g/mol. The van der Waals surface area contributed by atoms with Crippen molar-refractivity contribution in [2.24, 2.45) is 11.8 Å². The zero-order valence-electron chi connectivity index (χ0n) is 34.7. The third-order valence-corrected chi connectivity index (χ3v) is 15.6. The number of nitrogen functional groups attached to an aromatic ring is 2. The minimum Gasteiger partial charge on any atom is -0.398 e. The van der Waals surface area contributed by atoms with E-state index in [1.165, 1.54) is 47.4 Å². The van der Waals surface area contributed by atoms with Crippen LogP contribution >= 0.6 is 58.0 Å². The number of hydrogen-bond donors (Lipinski definition) is 4. The second kappa shape index (κ2) is 22.0.